The van der Waals surface area contributed by atoms with Gasteiger partial charge in [0.2, 0.25) is 0 Å². The van der Waals surface area contributed by atoms with Gasteiger partial charge in [0.25, 0.3) is 0 Å². The Morgan fingerprint density at radius 2 is 2.14 bits per heavy atom. The van der Waals surface area contributed by atoms with Crippen LogP contribution in [-0.2, 0) is 0 Å². The van der Waals surface area contributed by atoms with E-state index in [1.807, 2.05) is 0 Å². The van der Waals surface area contributed by atoms with Crippen LogP contribution in [0.25, 0.3) is 0 Å². The zero-order valence-corrected chi connectivity index (χ0v) is 4.62. The molecule has 46 valence electrons. The highest BCUT2D eigenvalue weighted by atomic mass is 35.5. The van der Waals surface area contributed by atoms with E-state index in [4.69, 9.17) is 10.8 Å². The third kappa shape index (κ3) is 6.14. The molecule has 0 saturated carbocycles. The van der Waals surface area contributed by atoms with Crippen LogP contribution in [0.5, 0.6) is 0 Å². The zero-order chi connectivity index (χ0) is 4.99. The van der Waals surface area contributed by atoms with Crippen LogP contribution in [0.3, 0.4) is 0 Å². The Kier molecular flexibility index (Phi) is 8.94. The van der Waals surface area contributed by atoms with Crippen LogP contribution >= 0.6 is 12.4 Å². The molecule has 1 atom stereocenters. The summed E-state index contributed by atoms with van der Waals surface area (Å²) in [6, 6.07) is -0.676. The van der Waals surface area contributed by atoms with E-state index in [1.54, 1.807) is 0 Å². The topological polar surface area (TPSA) is 46.2 Å². The predicted octanol–water partition coefficient (Wildman–Crippen LogP) is -0.303. The molecule has 0 rings (SSSR count). The van der Waals surface area contributed by atoms with Crippen molar-refractivity contribution in [3.8, 4) is 0 Å². The standard InChI is InChI=1S/C3H8FNO.ClH/c4-1-3(5)2-6;/h3,6H,1-2,5H2;1H/t3-;/m0./s1. The highest BCUT2D eigenvalue weighted by molar-refractivity contribution is 5.85. The monoisotopic (exact) mass is 129 g/mol. The van der Waals surface area contributed by atoms with Crippen molar-refractivity contribution in [1.29, 1.82) is 0 Å². The number of hydrogen-bond acceptors (Lipinski definition) is 2. The highest BCUT2D eigenvalue weighted by Gasteiger charge is 1.93. The normalized spacial score (nSPS) is 12.4. The second-order valence-corrected chi connectivity index (χ2v) is 1.10. The molecular formula is C3H9ClFNO. The molecule has 0 saturated heterocycles. The Balaban J connectivity index is 0. The lowest BCUT2D eigenvalue weighted by atomic mass is 10.4. The van der Waals surface area contributed by atoms with Crippen LogP contribution in [0, 0.1) is 0 Å². The van der Waals surface area contributed by atoms with Crippen LogP contribution in [0.4, 0.5) is 4.39 Å². The lowest BCUT2D eigenvalue weighted by molar-refractivity contribution is 0.242. The van der Waals surface area contributed by atoms with Gasteiger partial charge in [-0.3, -0.25) is 0 Å². The van der Waals surface area contributed by atoms with E-state index in [0.29, 0.717) is 0 Å². The first-order chi connectivity index (χ1) is 2.81. The molecule has 3 N–H and O–H groups in total. The molecule has 0 bridgehead atoms. The molecule has 0 amide bonds. The SMILES string of the molecule is Cl.N[C@H](CO)CF. The lowest BCUT2D eigenvalue weighted by Gasteiger charge is -1.96. The van der Waals surface area contributed by atoms with Crippen molar-refractivity contribution in [2.24, 2.45) is 5.73 Å². The van der Waals surface area contributed by atoms with Gasteiger partial charge >= 0.3 is 0 Å². The minimum absolute atomic E-state index is 0. The van der Waals surface area contributed by atoms with E-state index in [9.17, 15) is 4.39 Å². The van der Waals surface area contributed by atoms with Gasteiger partial charge in [0.05, 0.1) is 12.6 Å². The molecular weight excluding hydrogens is 120 g/mol. The third-order valence-electron chi connectivity index (χ3n) is 0.433. The quantitative estimate of drug-likeness (QED) is 0.538. The average molecular weight is 130 g/mol. The summed E-state index contributed by atoms with van der Waals surface area (Å²) in [7, 11) is 0. The maximum Gasteiger partial charge on any atom is 0.107 e. The molecule has 0 aliphatic rings. The minimum Gasteiger partial charge on any atom is -0.395 e. The maximum absolute atomic E-state index is 11.1. The fourth-order valence-electron chi connectivity index (χ4n) is 0.0488. The van der Waals surface area contributed by atoms with Crippen LogP contribution in [0.2, 0.25) is 0 Å². The van der Waals surface area contributed by atoms with Crippen molar-refractivity contribution >= 4 is 12.4 Å². The number of alkyl halides is 1. The van der Waals surface area contributed by atoms with Crippen molar-refractivity contribution in [2.75, 3.05) is 13.3 Å². The number of aliphatic hydroxyl groups excluding tert-OH is 1. The molecule has 0 aromatic heterocycles. The Labute approximate surface area is 47.9 Å². The summed E-state index contributed by atoms with van der Waals surface area (Å²) in [4.78, 5) is 0. The summed E-state index contributed by atoms with van der Waals surface area (Å²) in [5.74, 6) is 0. The van der Waals surface area contributed by atoms with E-state index in [-0.39, 0.29) is 19.0 Å². The molecule has 0 unspecified atom stereocenters. The van der Waals surface area contributed by atoms with Gasteiger partial charge in [0, 0.05) is 0 Å². The molecule has 0 heterocycles. The third-order valence-corrected chi connectivity index (χ3v) is 0.433. The molecule has 0 aliphatic carbocycles. The zero-order valence-electron chi connectivity index (χ0n) is 3.80. The largest absolute Gasteiger partial charge is 0.395 e. The minimum atomic E-state index is -0.676. The predicted molar refractivity (Wildman–Crippen MR) is 28.3 cm³/mol. The summed E-state index contributed by atoms with van der Waals surface area (Å²) in [5.41, 5.74) is 4.85. The lowest BCUT2D eigenvalue weighted by Crippen LogP contribution is -2.26. The average Bonchev–Trinajstić information content (AvgIpc) is 1.65. The second-order valence-electron chi connectivity index (χ2n) is 1.10. The van der Waals surface area contributed by atoms with Gasteiger partial charge in [-0.2, -0.15) is 0 Å². The fraction of sp³-hybridized carbons (Fsp3) is 1.00. The number of hydrogen-bond donors (Lipinski definition) is 2. The first-order valence-corrected chi connectivity index (χ1v) is 1.73. The van der Waals surface area contributed by atoms with Gasteiger partial charge in [-0.1, -0.05) is 0 Å². The molecule has 0 aromatic rings. The molecule has 4 heteroatoms. The van der Waals surface area contributed by atoms with Gasteiger partial charge in [-0.05, 0) is 0 Å². The van der Waals surface area contributed by atoms with Crippen LogP contribution in [0.15, 0.2) is 0 Å². The van der Waals surface area contributed by atoms with Crippen LogP contribution < -0.4 is 5.73 Å². The summed E-state index contributed by atoms with van der Waals surface area (Å²) in [6.45, 7) is -0.910. The molecule has 7 heavy (non-hydrogen) atoms. The summed E-state index contributed by atoms with van der Waals surface area (Å²) < 4.78 is 11.1. The Hall–Kier alpha value is 0.140. The second kappa shape index (κ2) is 6.14. The van der Waals surface area contributed by atoms with Gasteiger partial charge in [0.1, 0.15) is 6.67 Å². The smallest absolute Gasteiger partial charge is 0.107 e. The van der Waals surface area contributed by atoms with Gasteiger partial charge in [-0.25, -0.2) is 4.39 Å². The Morgan fingerprint density at radius 3 is 2.14 bits per heavy atom. The molecule has 2 nitrogen and oxygen atoms in total. The first kappa shape index (κ1) is 10.2. The van der Waals surface area contributed by atoms with Gasteiger partial charge < -0.3 is 10.8 Å². The molecule has 0 aliphatic heterocycles. The van der Waals surface area contributed by atoms with E-state index in [0.717, 1.165) is 0 Å². The number of aliphatic hydroxyl groups is 1. The van der Waals surface area contributed by atoms with Crippen molar-refractivity contribution < 1.29 is 9.50 Å². The van der Waals surface area contributed by atoms with Crippen molar-refractivity contribution in [2.45, 2.75) is 6.04 Å². The summed E-state index contributed by atoms with van der Waals surface area (Å²) in [6.07, 6.45) is 0. The van der Waals surface area contributed by atoms with Gasteiger partial charge in [0.15, 0.2) is 0 Å². The number of rotatable bonds is 2. The van der Waals surface area contributed by atoms with Gasteiger partial charge in [-0.15, -0.1) is 12.4 Å². The van der Waals surface area contributed by atoms with Crippen LogP contribution in [0.1, 0.15) is 0 Å². The molecule has 0 spiro atoms. The van der Waals surface area contributed by atoms with Crippen molar-refractivity contribution in [3.63, 3.8) is 0 Å². The Morgan fingerprint density at radius 1 is 1.71 bits per heavy atom. The van der Waals surface area contributed by atoms with Crippen molar-refractivity contribution in [1.82, 2.24) is 0 Å². The molecule has 0 fully saturated rings. The molecule has 0 aromatic carbocycles. The summed E-state index contributed by atoms with van der Waals surface area (Å²) in [5, 5.41) is 7.97. The van der Waals surface area contributed by atoms with E-state index < -0.39 is 12.7 Å². The first-order valence-electron chi connectivity index (χ1n) is 1.73. The fourth-order valence-corrected chi connectivity index (χ4v) is 0.0488. The highest BCUT2D eigenvalue weighted by Crippen LogP contribution is 1.73. The summed E-state index contributed by atoms with van der Waals surface area (Å²) >= 11 is 0. The Bertz CT molecular complexity index is 34.1. The van der Waals surface area contributed by atoms with E-state index >= 15 is 0 Å². The van der Waals surface area contributed by atoms with E-state index in [2.05, 4.69) is 0 Å². The van der Waals surface area contributed by atoms with Crippen molar-refractivity contribution in [3.05, 3.63) is 0 Å². The number of halogens is 2. The molecule has 0 radical (unpaired) electrons. The van der Waals surface area contributed by atoms with Crippen LogP contribution in [-0.4, -0.2) is 24.4 Å². The number of nitrogens with two attached hydrogens (primary N) is 1. The van der Waals surface area contributed by atoms with E-state index in [1.165, 1.54) is 0 Å². The maximum atomic E-state index is 11.1.